The fraction of sp³-hybridized carbons (Fsp3) is 0.500. The van der Waals surface area contributed by atoms with E-state index >= 15 is 0 Å². The Balaban J connectivity index is 0.00000441. The monoisotopic (exact) mass is 449 g/mol. The molecule has 8 heteroatoms. The summed E-state index contributed by atoms with van der Waals surface area (Å²) in [5, 5.41) is 6.59. The summed E-state index contributed by atoms with van der Waals surface area (Å²) < 4.78 is 36.4. The van der Waals surface area contributed by atoms with Crippen molar-refractivity contribution in [3.8, 4) is 0 Å². The van der Waals surface area contributed by atoms with Crippen LogP contribution in [0.5, 0.6) is 0 Å². The first-order valence-electron chi connectivity index (χ1n) is 6.69. The van der Waals surface area contributed by atoms with Crippen molar-refractivity contribution in [1.82, 2.24) is 10.6 Å². The van der Waals surface area contributed by atoms with Gasteiger partial charge in [-0.1, -0.05) is 23.7 Å². The topological polar surface area (TPSA) is 36.4 Å². The summed E-state index contributed by atoms with van der Waals surface area (Å²) in [6.07, 6.45) is -5.13. The fourth-order valence-corrected chi connectivity index (χ4v) is 1.88. The van der Waals surface area contributed by atoms with E-state index < -0.39 is 12.6 Å². The molecule has 0 aliphatic heterocycles. The van der Waals surface area contributed by atoms with Crippen LogP contribution in [-0.2, 0) is 0 Å². The van der Waals surface area contributed by atoms with E-state index in [9.17, 15) is 13.2 Å². The molecule has 1 aromatic rings. The summed E-state index contributed by atoms with van der Waals surface area (Å²) in [5.41, 5.74) is 0.934. The van der Waals surface area contributed by atoms with Gasteiger partial charge < -0.3 is 10.6 Å². The lowest BCUT2D eigenvalue weighted by Gasteiger charge is -2.18. The maximum Gasteiger partial charge on any atom is 0.390 e. The smallest absolute Gasteiger partial charge is 0.357 e. The van der Waals surface area contributed by atoms with Crippen LogP contribution < -0.4 is 10.6 Å². The van der Waals surface area contributed by atoms with Crippen molar-refractivity contribution in [2.24, 2.45) is 4.99 Å². The van der Waals surface area contributed by atoms with Gasteiger partial charge in [-0.2, -0.15) is 13.2 Å². The van der Waals surface area contributed by atoms with Crippen molar-refractivity contribution in [1.29, 1.82) is 0 Å². The quantitative estimate of drug-likeness (QED) is 0.394. The lowest BCUT2D eigenvalue weighted by atomic mass is 10.1. The van der Waals surface area contributed by atoms with Crippen molar-refractivity contribution in [3.05, 3.63) is 34.9 Å². The highest BCUT2D eigenvalue weighted by molar-refractivity contribution is 14.0. The van der Waals surface area contributed by atoms with E-state index in [-0.39, 0.29) is 36.6 Å². The third-order valence-electron chi connectivity index (χ3n) is 2.71. The Labute approximate surface area is 150 Å². The van der Waals surface area contributed by atoms with Crippen LogP contribution in [0.2, 0.25) is 5.02 Å². The first-order chi connectivity index (χ1) is 9.81. The number of hydrogen-bond acceptors (Lipinski definition) is 1. The zero-order valence-electron chi connectivity index (χ0n) is 12.4. The lowest BCUT2D eigenvalue weighted by Crippen LogP contribution is -2.39. The fourth-order valence-electron chi connectivity index (χ4n) is 1.68. The molecule has 2 N–H and O–H groups in total. The van der Waals surface area contributed by atoms with Gasteiger partial charge in [0.1, 0.15) is 0 Å². The van der Waals surface area contributed by atoms with Crippen molar-refractivity contribution in [2.45, 2.75) is 32.5 Å². The number of nitrogens with zero attached hydrogens (tertiary/aromatic N) is 1. The third-order valence-corrected chi connectivity index (χ3v) is 2.95. The van der Waals surface area contributed by atoms with Crippen LogP contribution >= 0.6 is 35.6 Å². The molecule has 0 saturated carbocycles. The first-order valence-corrected chi connectivity index (χ1v) is 7.06. The molecule has 0 spiro atoms. The van der Waals surface area contributed by atoms with E-state index in [1.807, 2.05) is 26.0 Å². The summed E-state index contributed by atoms with van der Waals surface area (Å²) in [5.74, 6) is 0.356. The van der Waals surface area contributed by atoms with Gasteiger partial charge in [0, 0.05) is 11.6 Å². The second kappa shape index (κ2) is 10.1. The molecule has 0 aromatic heterocycles. The number of guanidine groups is 1. The van der Waals surface area contributed by atoms with Crippen LogP contribution in [0, 0.1) is 0 Å². The van der Waals surface area contributed by atoms with Crippen LogP contribution in [0.25, 0.3) is 0 Å². The number of alkyl halides is 3. The summed E-state index contributed by atoms with van der Waals surface area (Å²) in [6, 6.07) is 7.16. The number of rotatable bonds is 5. The van der Waals surface area contributed by atoms with Gasteiger partial charge in [0.05, 0.1) is 19.0 Å². The highest BCUT2D eigenvalue weighted by Crippen LogP contribution is 2.19. The molecule has 0 bridgehead atoms. The molecule has 1 rings (SSSR count). The largest absolute Gasteiger partial charge is 0.390 e. The number of aliphatic imine (C=N–C) groups is 1. The van der Waals surface area contributed by atoms with Crippen molar-refractivity contribution >= 4 is 41.5 Å². The van der Waals surface area contributed by atoms with Crippen molar-refractivity contribution < 1.29 is 13.2 Å². The molecule has 1 unspecified atom stereocenters. The van der Waals surface area contributed by atoms with Crippen molar-refractivity contribution in [2.75, 3.05) is 13.1 Å². The predicted molar refractivity (Wildman–Crippen MR) is 95.1 cm³/mol. The van der Waals surface area contributed by atoms with Gasteiger partial charge in [0.25, 0.3) is 0 Å². The molecule has 0 amide bonds. The summed E-state index contributed by atoms with van der Waals surface area (Å²) in [7, 11) is 0. The Kier molecular flexibility index (Phi) is 9.82. The van der Waals surface area contributed by atoms with Crippen LogP contribution in [0.15, 0.2) is 29.3 Å². The Morgan fingerprint density at radius 2 is 2.05 bits per heavy atom. The molecule has 22 heavy (non-hydrogen) atoms. The molecule has 0 aliphatic carbocycles. The molecule has 3 nitrogen and oxygen atoms in total. The minimum absolute atomic E-state index is 0. The predicted octanol–water partition coefficient (Wildman–Crippen LogP) is 4.53. The van der Waals surface area contributed by atoms with E-state index in [0.717, 1.165) is 5.56 Å². The summed E-state index contributed by atoms with van der Waals surface area (Å²) in [6.45, 7) is 4.01. The van der Waals surface area contributed by atoms with Gasteiger partial charge >= 0.3 is 6.18 Å². The zero-order valence-corrected chi connectivity index (χ0v) is 15.5. The molecule has 1 atom stereocenters. The molecule has 1 aromatic carbocycles. The van der Waals surface area contributed by atoms with Gasteiger partial charge in [-0.25, -0.2) is 0 Å². The van der Waals surface area contributed by atoms with E-state index in [1.54, 1.807) is 12.1 Å². The molecular formula is C14H20ClF3IN3. The maximum atomic E-state index is 12.1. The summed E-state index contributed by atoms with van der Waals surface area (Å²) >= 11 is 5.92. The van der Waals surface area contributed by atoms with E-state index in [0.29, 0.717) is 17.5 Å². The Morgan fingerprint density at radius 3 is 2.59 bits per heavy atom. The van der Waals surface area contributed by atoms with E-state index in [2.05, 4.69) is 15.6 Å². The minimum atomic E-state index is -4.20. The second-order valence-electron chi connectivity index (χ2n) is 4.55. The Morgan fingerprint density at radius 1 is 1.36 bits per heavy atom. The number of nitrogens with one attached hydrogen (secondary N) is 2. The van der Waals surface area contributed by atoms with Crippen molar-refractivity contribution in [3.63, 3.8) is 0 Å². The maximum absolute atomic E-state index is 12.1. The van der Waals surface area contributed by atoms with Gasteiger partial charge in [-0.05, 0) is 31.5 Å². The van der Waals surface area contributed by atoms with E-state index in [1.165, 1.54) is 0 Å². The highest BCUT2D eigenvalue weighted by Gasteiger charge is 2.26. The number of benzene rings is 1. The van der Waals surface area contributed by atoms with Gasteiger partial charge in [-0.3, -0.25) is 4.99 Å². The molecule has 126 valence electrons. The molecule has 0 heterocycles. The Bertz CT molecular complexity index is 481. The van der Waals surface area contributed by atoms with Gasteiger partial charge in [0.15, 0.2) is 5.96 Å². The standard InChI is InChI=1S/C14H19ClF3N3.HI/c1-3-19-13(20-8-7-14(16,17)18)21-10(2)11-5-4-6-12(15)9-11;/h4-6,9-10H,3,7-8H2,1-2H3,(H2,19,20,21);1H. The van der Waals surface area contributed by atoms with Crippen LogP contribution in [-0.4, -0.2) is 25.2 Å². The normalized spacial score (nSPS) is 13.3. The minimum Gasteiger partial charge on any atom is -0.357 e. The third kappa shape index (κ3) is 8.67. The highest BCUT2D eigenvalue weighted by atomic mass is 127. The van der Waals surface area contributed by atoms with Crippen LogP contribution in [0.1, 0.15) is 31.9 Å². The molecule has 0 saturated heterocycles. The SMILES string of the molecule is CCNC(=NCCC(F)(F)F)NC(C)c1cccc(Cl)c1.I. The average Bonchev–Trinajstić information content (AvgIpc) is 2.37. The zero-order chi connectivity index (χ0) is 15.9. The lowest BCUT2D eigenvalue weighted by molar-refractivity contribution is -0.132. The molecule has 0 radical (unpaired) electrons. The van der Waals surface area contributed by atoms with Crippen LogP contribution in [0.3, 0.4) is 0 Å². The second-order valence-corrected chi connectivity index (χ2v) is 4.98. The number of halogens is 5. The Hall–Kier alpha value is -0.700. The van der Waals surface area contributed by atoms with Gasteiger partial charge in [-0.15, -0.1) is 24.0 Å². The number of hydrogen-bond donors (Lipinski definition) is 2. The molecular weight excluding hydrogens is 430 g/mol. The molecule has 0 fully saturated rings. The average molecular weight is 450 g/mol. The van der Waals surface area contributed by atoms with E-state index in [4.69, 9.17) is 11.6 Å². The first kappa shape index (κ1) is 21.3. The van der Waals surface area contributed by atoms with Gasteiger partial charge in [0.2, 0.25) is 0 Å². The van der Waals surface area contributed by atoms with Crippen LogP contribution in [0.4, 0.5) is 13.2 Å². The molecule has 0 aliphatic rings. The summed E-state index contributed by atoms with van der Waals surface area (Å²) in [4.78, 5) is 3.93.